The molecule has 0 aromatic carbocycles. The molecule has 1 rings (SSSR count). The average molecular weight is 243 g/mol. The van der Waals surface area contributed by atoms with E-state index in [-0.39, 0.29) is 12.1 Å². The lowest BCUT2D eigenvalue weighted by Crippen LogP contribution is -2.47. The van der Waals surface area contributed by atoms with Crippen molar-refractivity contribution in [3.05, 3.63) is 0 Å². The molecular weight excluding hydrogens is 214 g/mol. The topological polar surface area (TPSA) is 41.5 Å². The molecule has 0 unspecified atom stereocenters. The summed E-state index contributed by atoms with van der Waals surface area (Å²) in [7, 11) is 0. The lowest BCUT2D eigenvalue weighted by Gasteiger charge is -2.39. The van der Waals surface area contributed by atoms with E-state index in [1.54, 1.807) is 0 Å². The summed E-state index contributed by atoms with van der Waals surface area (Å²) in [5, 5.41) is 12.6. The highest BCUT2D eigenvalue weighted by molar-refractivity contribution is 4.86. The number of aliphatic hydroxyl groups excluding tert-OH is 1. The Morgan fingerprint density at radius 3 is 2.29 bits per heavy atom. The first kappa shape index (κ1) is 14.9. The summed E-state index contributed by atoms with van der Waals surface area (Å²) in [6.07, 6.45) is 3.15. The SMILES string of the molecule is CC(C)(CCO)NCC(C)(C)C1CCOCC1. The molecule has 0 radical (unpaired) electrons. The van der Waals surface area contributed by atoms with Crippen molar-refractivity contribution in [2.45, 2.75) is 52.5 Å². The predicted octanol–water partition coefficient (Wildman–Crippen LogP) is 2.19. The van der Waals surface area contributed by atoms with Crippen LogP contribution in [0.4, 0.5) is 0 Å². The molecule has 17 heavy (non-hydrogen) atoms. The molecule has 1 fully saturated rings. The zero-order chi connectivity index (χ0) is 12.9. The highest BCUT2D eigenvalue weighted by Crippen LogP contribution is 2.34. The van der Waals surface area contributed by atoms with Crippen molar-refractivity contribution in [2.24, 2.45) is 11.3 Å². The van der Waals surface area contributed by atoms with Crippen LogP contribution in [-0.4, -0.2) is 37.0 Å². The Morgan fingerprint density at radius 2 is 1.76 bits per heavy atom. The minimum atomic E-state index is 0.0250. The molecule has 1 aliphatic rings. The van der Waals surface area contributed by atoms with Crippen LogP contribution in [0.25, 0.3) is 0 Å². The molecular formula is C14H29NO2. The molecule has 2 N–H and O–H groups in total. The fraction of sp³-hybridized carbons (Fsp3) is 1.00. The van der Waals surface area contributed by atoms with Gasteiger partial charge in [0.1, 0.15) is 0 Å². The number of hydrogen-bond donors (Lipinski definition) is 2. The van der Waals surface area contributed by atoms with Gasteiger partial charge in [0, 0.05) is 31.9 Å². The summed E-state index contributed by atoms with van der Waals surface area (Å²) in [6, 6.07) is 0. The van der Waals surface area contributed by atoms with Gasteiger partial charge in [0.15, 0.2) is 0 Å². The molecule has 1 aliphatic heterocycles. The Morgan fingerprint density at radius 1 is 1.18 bits per heavy atom. The maximum Gasteiger partial charge on any atom is 0.0468 e. The first-order chi connectivity index (χ1) is 7.87. The van der Waals surface area contributed by atoms with Crippen LogP contribution in [0.2, 0.25) is 0 Å². The maximum absolute atomic E-state index is 9.02. The summed E-state index contributed by atoms with van der Waals surface area (Å²) >= 11 is 0. The minimum absolute atomic E-state index is 0.0250. The number of rotatable bonds is 6. The Kier molecular flexibility index (Phi) is 5.42. The van der Waals surface area contributed by atoms with Gasteiger partial charge in [-0.05, 0) is 44.4 Å². The maximum atomic E-state index is 9.02. The van der Waals surface area contributed by atoms with E-state index in [1.807, 2.05) is 0 Å². The molecule has 0 aromatic heterocycles. The van der Waals surface area contributed by atoms with Gasteiger partial charge >= 0.3 is 0 Å². The van der Waals surface area contributed by atoms with Crippen LogP contribution in [0.15, 0.2) is 0 Å². The van der Waals surface area contributed by atoms with Gasteiger partial charge in [-0.2, -0.15) is 0 Å². The number of aliphatic hydroxyl groups is 1. The molecule has 0 saturated carbocycles. The second kappa shape index (κ2) is 6.17. The van der Waals surface area contributed by atoms with E-state index in [9.17, 15) is 0 Å². The Labute approximate surface area is 106 Å². The minimum Gasteiger partial charge on any atom is -0.396 e. The van der Waals surface area contributed by atoms with Crippen LogP contribution in [-0.2, 0) is 4.74 Å². The third-order valence-electron chi connectivity index (χ3n) is 4.09. The molecule has 3 nitrogen and oxygen atoms in total. The first-order valence-electron chi connectivity index (χ1n) is 6.81. The smallest absolute Gasteiger partial charge is 0.0468 e. The lowest BCUT2D eigenvalue weighted by atomic mass is 9.74. The monoisotopic (exact) mass is 243 g/mol. The van der Waals surface area contributed by atoms with Gasteiger partial charge < -0.3 is 15.2 Å². The third kappa shape index (κ3) is 4.94. The van der Waals surface area contributed by atoms with E-state index in [0.29, 0.717) is 5.41 Å². The van der Waals surface area contributed by atoms with Crippen LogP contribution >= 0.6 is 0 Å². The van der Waals surface area contributed by atoms with Crippen LogP contribution in [0.5, 0.6) is 0 Å². The first-order valence-corrected chi connectivity index (χ1v) is 6.81. The van der Waals surface area contributed by atoms with E-state index in [0.717, 1.165) is 32.1 Å². The van der Waals surface area contributed by atoms with Crippen molar-refractivity contribution >= 4 is 0 Å². The van der Waals surface area contributed by atoms with Gasteiger partial charge in [0.05, 0.1) is 0 Å². The van der Waals surface area contributed by atoms with Crippen molar-refractivity contribution in [3.63, 3.8) is 0 Å². The number of hydrogen-bond acceptors (Lipinski definition) is 3. The standard InChI is InChI=1S/C14H29NO2/c1-13(2,12-5-9-17-10-6-12)11-15-14(3,4)7-8-16/h12,15-16H,5-11H2,1-4H3. The molecule has 0 aliphatic carbocycles. The largest absolute Gasteiger partial charge is 0.396 e. The Balaban J connectivity index is 2.42. The molecule has 102 valence electrons. The Bertz CT molecular complexity index is 220. The van der Waals surface area contributed by atoms with Gasteiger partial charge in [-0.3, -0.25) is 0 Å². The summed E-state index contributed by atoms with van der Waals surface area (Å²) in [6.45, 7) is 12.1. The van der Waals surface area contributed by atoms with E-state index in [2.05, 4.69) is 33.0 Å². The summed E-state index contributed by atoms with van der Waals surface area (Å²) in [4.78, 5) is 0. The molecule has 0 atom stereocenters. The highest BCUT2D eigenvalue weighted by Gasteiger charge is 2.32. The molecule has 1 heterocycles. The van der Waals surface area contributed by atoms with Crippen molar-refractivity contribution in [1.29, 1.82) is 0 Å². The van der Waals surface area contributed by atoms with E-state index < -0.39 is 0 Å². The lowest BCUT2D eigenvalue weighted by molar-refractivity contribution is 0.0201. The van der Waals surface area contributed by atoms with E-state index in [4.69, 9.17) is 9.84 Å². The van der Waals surface area contributed by atoms with Crippen LogP contribution < -0.4 is 5.32 Å². The zero-order valence-electron chi connectivity index (χ0n) is 11.9. The third-order valence-corrected chi connectivity index (χ3v) is 4.09. The normalized spacial score (nSPS) is 19.6. The van der Waals surface area contributed by atoms with Crippen molar-refractivity contribution in [3.8, 4) is 0 Å². The van der Waals surface area contributed by atoms with Gasteiger partial charge in [0.25, 0.3) is 0 Å². The molecule has 3 heteroatoms. The van der Waals surface area contributed by atoms with Crippen molar-refractivity contribution in [1.82, 2.24) is 5.32 Å². The summed E-state index contributed by atoms with van der Waals surface area (Å²) in [5.74, 6) is 0.744. The number of nitrogens with one attached hydrogen (secondary N) is 1. The predicted molar refractivity (Wildman–Crippen MR) is 71.1 cm³/mol. The molecule has 0 amide bonds. The van der Waals surface area contributed by atoms with Crippen molar-refractivity contribution in [2.75, 3.05) is 26.4 Å². The van der Waals surface area contributed by atoms with Crippen LogP contribution in [0, 0.1) is 11.3 Å². The van der Waals surface area contributed by atoms with Gasteiger partial charge in [-0.1, -0.05) is 13.8 Å². The average Bonchev–Trinajstić information content (AvgIpc) is 2.28. The zero-order valence-corrected chi connectivity index (χ0v) is 11.9. The van der Waals surface area contributed by atoms with Gasteiger partial charge in [-0.25, -0.2) is 0 Å². The molecule has 0 bridgehead atoms. The quantitative estimate of drug-likeness (QED) is 0.751. The van der Waals surface area contributed by atoms with Crippen LogP contribution in [0.1, 0.15) is 47.0 Å². The van der Waals surface area contributed by atoms with E-state index in [1.165, 1.54) is 12.8 Å². The molecule has 0 spiro atoms. The number of ether oxygens (including phenoxy) is 1. The van der Waals surface area contributed by atoms with Gasteiger partial charge in [-0.15, -0.1) is 0 Å². The fourth-order valence-corrected chi connectivity index (χ4v) is 2.46. The molecule has 0 aromatic rings. The molecule has 1 saturated heterocycles. The second-order valence-corrected chi connectivity index (χ2v) is 6.59. The fourth-order valence-electron chi connectivity index (χ4n) is 2.46. The summed E-state index contributed by atoms with van der Waals surface area (Å²) < 4.78 is 5.43. The van der Waals surface area contributed by atoms with Crippen molar-refractivity contribution < 1.29 is 9.84 Å². The second-order valence-electron chi connectivity index (χ2n) is 6.59. The van der Waals surface area contributed by atoms with Gasteiger partial charge in [0.2, 0.25) is 0 Å². The highest BCUT2D eigenvalue weighted by atomic mass is 16.5. The summed E-state index contributed by atoms with van der Waals surface area (Å²) in [5.41, 5.74) is 0.327. The Hall–Kier alpha value is -0.120. The van der Waals surface area contributed by atoms with E-state index >= 15 is 0 Å². The van der Waals surface area contributed by atoms with Crippen LogP contribution in [0.3, 0.4) is 0 Å².